The first kappa shape index (κ1) is 22.0. The predicted octanol–water partition coefficient (Wildman–Crippen LogP) is 2.43. The quantitative estimate of drug-likeness (QED) is 0.454. The third-order valence-corrected chi connectivity index (χ3v) is 4.16. The van der Waals surface area contributed by atoms with Crippen LogP contribution in [0.4, 0.5) is 5.69 Å². The van der Waals surface area contributed by atoms with Crippen LogP contribution in [0.25, 0.3) is 0 Å². The maximum atomic E-state index is 12.0. The van der Waals surface area contributed by atoms with Gasteiger partial charge in [-0.1, -0.05) is 42.5 Å². The van der Waals surface area contributed by atoms with Crippen molar-refractivity contribution in [2.45, 2.75) is 19.3 Å². The van der Waals surface area contributed by atoms with Crippen LogP contribution in [0.2, 0.25) is 0 Å². The molecule has 0 bridgehead atoms. The van der Waals surface area contributed by atoms with Gasteiger partial charge in [0.15, 0.2) is 5.11 Å². The molecule has 0 unspecified atom stereocenters. The van der Waals surface area contributed by atoms with E-state index in [0.29, 0.717) is 17.7 Å². The number of hydrogen-bond acceptors (Lipinski definition) is 5. The number of anilines is 1. The highest BCUT2D eigenvalue weighted by Gasteiger charge is 2.13. The second kappa shape index (κ2) is 11.6. The van der Waals surface area contributed by atoms with E-state index in [0.717, 1.165) is 5.56 Å². The van der Waals surface area contributed by atoms with E-state index in [2.05, 4.69) is 16.0 Å². The number of ether oxygens (including phenoxy) is 1. The molecule has 0 aromatic heterocycles. The van der Waals surface area contributed by atoms with Crippen molar-refractivity contribution in [1.29, 1.82) is 0 Å². The first-order chi connectivity index (χ1) is 14.0. The van der Waals surface area contributed by atoms with E-state index in [1.54, 1.807) is 24.3 Å². The fourth-order valence-electron chi connectivity index (χ4n) is 2.48. The Bertz CT molecular complexity index is 871. The summed E-state index contributed by atoms with van der Waals surface area (Å²) >= 11 is 5.11. The number of esters is 1. The van der Waals surface area contributed by atoms with Gasteiger partial charge in [-0.3, -0.25) is 14.4 Å². The van der Waals surface area contributed by atoms with E-state index in [1.165, 1.54) is 7.05 Å². The van der Waals surface area contributed by atoms with E-state index >= 15 is 0 Å². The molecular weight excluding hydrogens is 390 g/mol. The van der Waals surface area contributed by atoms with Gasteiger partial charge in [-0.15, -0.1) is 0 Å². The van der Waals surface area contributed by atoms with Crippen LogP contribution in [0, 0.1) is 0 Å². The van der Waals surface area contributed by atoms with Gasteiger partial charge < -0.3 is 20.7 Å². The fraction of sp³-hybridized carbons (Fsp3) is 0.238. The van der Waals surface area contributed by atoms with Crippen LogP contribution in [0.5, 0.6) is 0 Å². The summed E-state index contributed by atoms with van der Waals surface area (Å²) in [5, 5.41) is 7.89. The molecule has 7 nitrogen and oxygen atoms in total. The largest absolute Gasteiger partial charge is 0.465 e. The predicted molar refractivity (Wildman–Crippen MR) is 115 cm³/mol. The highest BCUT2D eigenvalue weighted by atomic mass is 32.1. The zero-order chi connectivity index (χ0) is 21.1. The Hall–Kier alpha value is -3.26. The van der Waals surface area contributed by atoms with Crippen molar-refractivity contribution in [3.8, 4) is 0 Å². The zero-order valence-corrected chi connectivity index (χ0v) is 16.9. The number of amides is 2. The van der Waals surface area contributed by atoms with Crippen molar-refractivity contribution in [2.24, 2.45) is 0 Å². The van der Waals surface area contributed by atoms with Crippen LogP contribution in [0.15, 0.2) is 54.6 Å². The molecule has 2 aromatic rings. The van der Waals surface area contributed by atoms with Gasteiger partial charge in [0.25, 0.3) is 5.91 Å². The zero-order valence-electron chi connectivity index (χ0n) is 16.1. The number of rotatable bonds is 8. The standard InChI is InChI=1S/C21H23N3O4S/c1-22-20(27)16-9-5-6-10-17(16)23-21(29)24-18(25)11-12-19(26)28-14-13-15-7-3-2-4-8-15/h2-10H,11-14H2,1H3,(H,22,27)(H2,23,24,25,29). The summed E-state index contributed by atoms with van der Waals surface area (Å²) in [6, 6.07) is 16.5. The summed E-state index contributed by atoms with van der Waals surface area (Å²) in [4.78, 5) is 35.6. The van der Waals surface area contributed by atoms with Crippen molar-refractivity contribution in [2.75, 3.05) is 19.0 Å². The highest BCUT2D eigenvalue weighted by molar-refractivity contribution is 7.80. The monoisotopic (exact) mass is 413 g/mol. The van der Waals surface area contributed by atoms with Crippen LogP contribution < -0.4 is 16.0 Å². The molecule has 2 aromatic carbocycles. The molecule has 2 rings (SSSR count). The van der Waals surface area contributed by atoms with Crippen LogP contribution >= 0.6 is 12.2 Å². The summed E-state index contributed by atoms with van der Waals surface area (Å²) in [5.41, 5.74) is 1.94. The normalized spacial score (nSPS) is 9.97. The first-order valence-corrected chi connectivity index (χ1v) is 9.52. The lowest BCUT2D eigenvalue weighted by Gasteiger charge is -2.12. The van der Waals surface area contributed by atoms with E-state index < -0.39 is 11.9 Å². The lowest BCUT2D eigenvalue weighted by Crippen LogP contribution is -2.35. The average Bonchev–Trinajstić information content (AvgIpc) is 2.73. The molecule has 0 fully saturated rings. The molecule has 0 aliphatic carbocycles. The Labute approximate surface area is 174 Å². The van der Waals surface area contributed by atoms with Crippen LogP contribution in [0.3, 0.4) is 0 Å². The lowest BCUT2D eigenvalue weighted by atomic mass is 10.1. The number of benzene rings is 2. The molecule has 0 saturated heterocycles. The summed E-state index contributed by atoms with van der Waals surface area (Å²) in [6.07, 6.45) is 0.526. The van der Waals surface area contributed by atoms with Crippen molar-refractivity contribution in [1.82, 2.24) is 10.6 Å². The molecule has 0 saturated carbocycles. The molecule has 152 valence electrons. The Kier molecular flexibility index (Phi) is 8.78. The number of carbonyl (C=O) groups is 3. The minimum atomic E-state index is -0.445. The minimum absolute atomic E-state index is 0.0436. The fourth-order valence-corrected chi connectivity index (χ4v) is 2.71. The molecule has 0 aliphatic rings. The molecular formula is C21H23N3O4S. The maximum Gasteiger partial charge on any atom is 0.306 e. The Morgan fingerprint density at radius 2 is 1.66 bits per heavy atom. The van der Waals surface area contributed by atoms with Crippen LogP contribution in [-0.2, 0) is 20.7 Å². The summed E-state index contributed by atoms with van der Waals surface area (Å²) in [7, 11) is 1.53. The molecule has 0 heterocycles. The summed E-state index contributed by atoms with van der Waals surface area (Å²) < 4.78 is 5.14. The van der Waals surface area contributed by atoms with Gasteiger partial charge in [0.05, 0.1) is 24.3 Å². The summed E-state index contributed by atoms with van der Waals surface area (Å²) in [5.74, 6) is -1.14. The molecule has 0 spiro atoms. The van der Waals surface area contributed by atoms with Crippen LogP contribution in [-0.4, -0.2) is 36.6 Å². The van der Waals surface area contributed by atoms with Gasteiger partial charge in [0.1, 0.15) is 0 Å². The van der Waals surface area contributed by atoms with Crippen LogP contribution in [0.1, 0.15) is 28.8 Å². The van der Waals surface area contributed by atoms with Crippen molar-refractivity contribution in [3.05, 3.63) is 65.7 Å². The number of para-hydroxylation sites is 1. The third kappa shape index (κ3) is 7.71. The Balaban J connectivity index is 1.71. The molecule has 0 aliphatic heterocycles. The first-order valence-electron chi connectivity index (χ1n) is 9.11. The van der Waals surface area contributed by atoms with Gasteiger partial charge in [-0.25, -0.2) is 0 Å². The topological polar surface area (TPSA) is 96.5 Å². The molecule has 3 N–H and O–H groups in total. The number of thiocarbonyl (C=S) groups is 1. The smallest absolute Gasteiger partial charge is 0.306 e. The molecule has 0 atom stereocenters. The number of hydrogen-bond donors (Lipinski definition) is 3. The van der Waals surface area contributed by atoms with Crippen molar-refractivity contribution < 1.29 is 19.1 Å². The number of carbonyl (C=O) groups excluding carboxylic acids is 3. The molecule has 8 heteroatoms. The van der Waals surface area contributed by atoms with E-state index in [9.17, 15) is 14.4 Å². The van der Waals surface area contributed by atoms with Gasteiger partial charge in [-0.05, 0) is 29.9 Å². The maximum absolute atomic E-state index is 12.0. The molecule has 29 heavy (non-hydrogen) atoms. The Morgan fingerprint density at radius 1 is 0.966 bits per heavy atom. The third-order valence-electron chi connectivity index (χ3n) is 3.95. The lowest BCUT2D eigenvalue weighted by molar-refractivity contribution is -0.144. The highest BCUT2D eigenvalue weighted by Crippen LogP contribution is 2.14. The van der Waals surface area contributed by atoms with E-state index in [4.69, 9.17) is 17.0 Å². The van der Waals surface area contributed by atoms with E-state index in [1.807, 2.05) is 30.3 Å². The SMILES string of the molecule is CNC(=O)c1ccccc1NC(=S)NC(=O)CCC(=O)OCCc1ccccc1. The molecule has 2 amide bonds. The van der Waals surface area contributed by atoms with Gasteiger partial charge in [0, 0.05) is 19.9 Å². The minimum Gasteiger partial charge on any atom is -0.465 e. The molecule has 0 radical (unpaired) electrons. The van der Waals surface area contributed by atoms with Crippen molar-refractivity contribution >= 4 is 40.8 Å². The second-order valence-electron chi connectivity index (χ2n) is 6.08. The summed E-state index contributed by atoms with van der Waals surface area (Å²) in [6.45, 7) is 0.265. The van der Waals surface area contributed by atoms with Crippen molar-refractivity contribution in [3.63, 3.8) is 0 Å². The number of nitrogens with one attached hydrogen (secondary N) is 3. The Morgan fingerprint density at radius 3 is 2.38 bits per heavy atom. The van der Waals surface area contributed by atoms with Gasteiger partial charge in [-0.2, -0.15) is 0 Å². The second-order valence-corrected chi connectivity index (χ2v) is 6.49. The van der Waals surface area contributed by atoms with E-state index in [-0.39, 0.29) is 30.5 Å². The van der Waals surface area contributed by atoms with Gasteiger partial charge in [0.2, 0.25) is 5.91 Å². The average molecular weight is 413 g/mol. The van der Waals surface area contributed by atoms with Gasteiger partial charge >= 0.3 is 5.97 Å².